The van der Waals surface area contributed by atoms with E-state index in [1.807, 2.05) is 0 Å². The van der Waals surface area contributed by atoms with Crippen LogP contribution in [0.2, 0.25) is 0 Å². The molecule has 6 heteroatoms. The minimum absolute atomic E-state index is 0.143. The van der Waals surface area contributed by atoms with Crippen molar-refractivity contribution in [2.45, 2.75) is 36.9 Å². The average molecular weight is 287 g/mol. The molecule has 0 radical (unpaired) electrons. The van der Waals surface area contributed by atoms with Gasteiger partial charge >= 0.3 is 0 Å². The minimum Gasteiger partial charge on any atom is -0.491 e. The van der Waals surface area contributed by atoms with Crippen LogP contribution in [-0.4, -0.2) is 38.0 Å². The molecule has 1 aromatic carbocycles. The van der Waals surface area contributed by atoms with Crippen molar-refractivity contribution in [2.75, 3.05) is 12.8 Å². The zero-order valence-electron chi connectivity index (χ0n) is 11.5. The first-order chi connectivity index (χ1) is 8.64. The van der Waals surface area contributed by atoms with Gasteiger partial charge in [0.2, 0.25) is 0 Å². The quantitative estimate of drug-likeness (QED) is 0.813. The van der Waals surface area contributed by atoms with Crippen LogP contribution >= 0.6 is 0 Å². The Kier molecular flexibility index (Phi) is 4.95. The summed E-state index contributed by atoms with van der Waals surface area (Å²) in [5.74, 6) is 0.461. The Morgan fingerprint density at radius 3 is 2.63 bits per heavy atom. The van der Waals surface area contributed by atoms with Crippen molar-refractivity contribution >= 4 is 9.84 Å². The van der Waals surface area contributed by atoms with E-state index in [-0.39, 0.29) is 17.5 Å². The summed E-state index contributed by atoms with van der Waals surface area (Å²) < 4.78 is 28.5. The van der Waals surface area contributed by atoms with Gasteiger partial charge in [0, 0.05) is 19.2 Å². The molecule has 0 fully saturated rings. The number of ether oxygens (including phenoxy) is 1. The molecule has 19 heavy (non-hydrogen) atoms. The number of rotatable bonds is 6. The molecule has 0 amide bonds. The van der Waals surface area contributed by atoms with Gasteiger partial charge in [-0.15, -0.1) is 0 Å². The van der Waals surface area contributed by atoms with Crippen LogP contribution < -0.4 is 10.5 Å². The van der Waals surface area contributed by atoms with Gasteiger partial charge in [0.05, 0.1) is 16.6 Å². The molecule has 0 saturated heterocycles. The number of nitrogens with two attached hydrogens (primary N) is 1. The van der Waals surface area contributed by atoms with Crippen LogP contribution in [0.1, 0.15) is 20.3 Å². The molecule has 0 spiro atoms. The van der Waals surface area contributed by atoms with Gasteiger partial charge in [-0.2, -0.15) is 0 Å². The summed E-state index contributed by atoms with van der Waals surface area (Å²) in [6.07, 6.45) is 1.25. The van der Waals surface area contributed by atoms with Gasteiger partial charge in [-0.25, -0.2) is 8.42 Å². The summed E-state index contributed by atoms with van der Waals surface area (Å²) in [6.45, 7) is 3.58. The molecule has 2 atom stereocenters. The largest absolute Gasteiger partial charge is 0.491 e. The first-order valence-electron chi connectivity index (χ1n) is 6.03. The Labute approximate surface area is 114 Å². The zero-order valence-corrected chi connectivity index (χ0v) is 12.3. The van der Waals surface area contributed by atoms with E-state index in [4.69, 9.17) is 10.5 Å². The molecule has 0 aromatic heterocycles. The van der Waals surface area contributed by atoms with Gasteiger partial charge in [0.1, 0.15) is 5.75 Å². The van der Waals surface area contributed by atoms with Crippen molar-refractivity contribution in [3.05, 3.63) is 24.3 Å². The van der Waals surface area contributed by atoms with Crippen molar-refractivity contribution in [1.82, 2.24) is 0 Å². The number of aliphatic hydroxyl groups is 1. The Morgan fingerprint density at radius 1 is 1.47 bits per heavy atom. The van der Waals surface area contributed by atoms with Crippen LogP contribution in [0.4, 0.5) is 0 Å². The van der Waals surface area contributed by atoms with Crippen molar-refractivity contribution in [3.63, 3.8) is 0 Å². The van der Waals surface area contributed by atoms with Crippen LogP contribution in [0.5, 0.6) is 5.75 Å². The van der Waals surface area contributed by atoms with E-state index in [2.05, 4.69) is 0 Å². The molecule has 3 N–H and O–H groups in total. The van der Waals surface area contributed by atoms with Crippen molar-refractivity contribution in [3.8, 4) is 5.75 Å². The molecule has 1 rings (SSSR count). The summed E-state index contributed by atoms with van der Waals surface area (Å²) in [6, 6.07) is 6.30. The maximum atomic E-state index is 11.4. The first kappa shape index (κ1) is 15.9. The third kappa shape index (κ3) is 5.18. The Morgan fingerprint density at radius 2 is 2.11 bits per heavy atom. The molecule has 0 aliphatic carbocycles. The maximum Gasteiger partial charge on any atom is 0.175 e. The van der Waals surface area contributed by atoms with Crippen LogP contribution in [0.25, 0.3) is 0 Å². The molecule has 0 bridgehead atoms. The summed E-state index contributed by atoms with van der Waals surface area (Å²) in [5.41, 5.74) is 4.45. The van der Waals surface area contributed by atoms with Gasteiger partial charge in [0.25, 0.3) is 0 Å². The second-order valence-corrected chi connectivity index (χ2v) is 7.10. The number of benzene rings is 1. The van der Waals surface area contributed by atoms with Gasteiger partial charge in [-0.3, -0.25) is 0 Å². The van der Waals surface area contributed by atoms with E-state index in [0.29, 0.717) is 12.2 Å². The molecule has 0 heterocycles. The van der Waals surface area contributed by atoms with Gasteiger partial charge in [-0.1, -0.05) is 6.07 Å². The van der Waals surface area contributed by atoms with Crippen molar-refractivity contribution in [2.24, 2.45) is 5.73 Å². The molecule has 1 aromatic rings. The highest BCUT2D eigenvalue weighted by atomic mass is 32.2. The minimum atomic E-state index is -3.25. The predicted molar refractivity (Wildman–Crippen MR) is 73.9 cm³/mol. The van der Waals surface area contributed by atoms with Crippen LogP contribution in [0.15, 0.2) is 29.2 Å². The molecule has 5 nitrogen and oxygen atoms in total. The van der Waals surface area contributed by atoms with Crippen molar-refractivity contribution < 1.29 is 18.3 Å². The predicted octanol–water partition coefficient (Wildman–Crippen LogP) is 0.957. The summed E-state index contributed by atoms with van der Waals surface area (Å²) in [7, 11) is -3.25. The number of hydrogen-bond acceptors (Lipinski definition) is 5. The smallest absolute Gasteiger partial charge is 0.175 e. The number of hydrogen-bond donors (Lipinski definition) is 2. The monoisotopic (exact) mass is 287 g/mol. The second-order valence-electron chi connectivity index (χ2n) is 5.08. The molecule has 0 saturated carbocycles. The van der Waals surface area contributed by atoms with Gasteiger partial charge in [0.15, 0.2) is 9.84 Å². The lowest BCUT2D eigenvalue weighted by atomic mass is 9.99. The normalized spacial score (nSPS) is 16.7. The van der Waals surface area contributed by atoms with Crippen molar-refractivity contribution in [1.29, 1.82) is 0 Å². The molecule has 0 aliphatic rings. The van der Waals surface area contributed by atoms with Gasteiger partial charge in [-0.05, 0) is 32.0 Å². The second kappa shape index (κ2) is 5.90. The van der Waals surface area contributed by atoms with E-state index in [1.54, 1.807) is 26.0 Å². The zero-order chi connectivity index (χ0) is 14.7. The summed E-state index contributed by atoms with van der Waals surface area (Å²) in [5, 5.41) is 9.85. The van der Waals surface area contributed by atoms with Crippen LogP contribution in [0.3, 0.4) is 0 Å². The van der Waals surface area contributed by atoms with Crippen LogP contribution in [0, 0.1) is 0 Å². The topological polar surface area (TPSA) is 89.6 Å². The number of sulfone groups is 1. The molecular weight excluding hydrogens is 266 g/mol. The molecular formula is C13H21NO4S. The SMILES string of the molecule is CC(CC(C)(O)CN)Oc1cccc(S(C)(=O)=O)c1. The summed E-state index contributed by atoms with van der Waals surface area (Å²) in [4.78, 5) is 0.211. The highest BCUT2D eigenvalue weighted by Gasteiger charge is 2.22. The molecule has 0 aliphatic heterocycles. The van der Waals surface area contributed by atoms with E-state index in [1.165, 1.54) is 12.1 Å². The molecule has 2 unspecified atom stereocenters. The maximum absolute atomic E-state index is 11.4. The lowest BCUT2D eigenvalue weighted by Crippen LogP contribution is -2.38. The van der Waals surface area contributed by atoms with Crippen LogP contribution in [-0.2, 0) is 9.84 Å². The third-order valence-corrected chi connectivity index (χ3v) is 3.85. The highest BCUT2D eigenvalue weighted by molar-refractivity contribution is 7.90. The molecule has 108 valence electrons. The lowest BCUT2D eigenvalue weighted by Gasteiger charge is -2.25. The summed E-state index contributed by atoms with van der Waals surface area (Å²) >= 11 is 0. The fraction of sp³-hybridized carbons (Fsp3) is 0.538. The fourth-order valence-corrected chi connectivity index (χ4v) is 2.41. The Balaban J connectivity index is 2.78. The van der Waals surface area contributed by atoms with E-state index in [9.17, 15) is 13.5 Å². The lowest BCUT2D eigenvalue weighted by molar-refractivity contribution is 0.0237. The van der Waals surface area contributed by atoms with Gasteiger partial charge < -0.3 is 15.6 Å². The Bertz CT molecular complexity index is 525. The average Bonchev–Trinajstić information content (AvgIpc) is 2.27. The van der Waals surface area contributed by atoms with E-state index < -0.39 is 15.4 Å². The standard InChI is InChI=1S/C13H21NO4S/c1-10(8-13(2,15)9-14)18-11-5-4-6-12(7-11)19(3,16)17/h4-7,10,15H,8-9,14H2,1-3H3. The van der Waals surface area contributed by atoms with E-state index in [0.717, 1.165) is 6.26 Å². The van der Waals surface area contributed by atoms with E-state index >= 15 is 0 Å². The third-order valence-electron chi connectivity index (χ3n) is 2.74. The first-order valence-corrected chi connectivity index (χ1v) is 7.92. The highest BCUT2D eigenvalue weighted by Crippen LogP contribution is 2.21. The fourth-order valence-electron chi connectivity index (χ4n) is 1.75. The Hall–Kier alpha value is -1.11.